The number of phenols is 2. The number of thiocarbonyl (C=S) groups is 1. The van der Waals surface area contributed by atoms with Gasteiger partial charge in [0.15, 0.2) is 10.7 Å². The summed E-state index contributed by atoms with van der Waals surface area (Å²) in [6.07, 6.45) is 11.9. The number of aliphatic hydroxyl groups excluding tert-OH is 1. The normalized spacial score (nSPS) is 24.2. The summed E-state index contributed by atoms with van der Waals surface area (Å²) < 4.78 is 12.3. The molecule has 4 fully saturated rings. The van der Waals surface area contributed by atoms with Crippen molar-refractivity contribution >= 4 is 94.0 Å². The predicted octanol–water partition coefficient (Wildman–Crippen LogP) is 4.03. The first kappa shape index (κ1) is 78.7. The molecule has 0 aliphatic carbocycles. The fourth-order valence-corrected chi connectivity index (χ4v) is 15.7. The Morgan fingerprint density at radius 3 is 1.92 bits per heavy atom. The maximum Gasteiger partial charge on any atom is 0.340 e. The van der Waals surface area contributed by atoms with Crippen LogP contribution in [-0.2, 0) is 63.1 Å². The first-order chi connectivity index (χ1) is 50.8. The highest BCUT2D eigenvalue weighted by atomic mass is 32.1. The predicted molar refractivity (Wildman–Crippen MR) is 388 cm³/mol. The van der Waals surface area contributed by atoms with Crippen molar-refractivity contribution in [1.29, 1.82) is 0 Å². The van der Waals surface area contributed by atoms with Crippen LogP contribution in [0.25, 0.3) is 0 Å². The number of amides is 10. The van der Waals surface area contributed by atoms with Crippen molar-refractivity contribution in [1.82, 2.24) is 50.7 Å². The minimum atomic E-state index is -1.61. The van der Waals surface area contributed by atoms with E-state index in [0.717, 1.165) is 32.1 Å². The number of primary amides is 1. The molecule has 7 aliphatic rings. The lowest BCUT2D eigenvalue weighted by Crippen LogP contribution is -2.60. The van der Waals surface area contributed by atoms with Crippen molar-refractivity contribution in [3.05, 3.63) is 89.0 Å². The average Bonchev–Trinajstić information content (AvgIpc) is 1.49. The number of aliphatic hydroxyl groups is 1. The fourth-order valence-electron chi connectivity index (χ4n) is 15.5. The van der Waals surface area contributed by atoms with Crippen LogP contribution >= 0.6 is 12.2 Å². The lowest BCUT2D eigenvalue weighted by Gasteiger charge is -2.36. The lowest BCUT2D eigenvalue weighted by atomic mass is 9.77. The minimum absolute atomic E-state index is 0.0757. The molecule has 31 heteroatoms. The van der Waals surface area contributed by atoms with Crippen LogP contribution in [0.4, 0.5) is 5.69 Å². The number of aromatic hydroxyl groups is 2. The summed E-state index contributed by atoms with van der Waals surface area (Å²) in [5, 5.41) is 55.9. The number of ether oxygens (including phenoxy) is 2. The van der Waals surface area contributed by atoms with Crippen LogP contribution < -0.4 is 37.1 Å². The Balaban J connectivity index is 0.777. The number of phenolic OH excluding ortho intramolecular Hbond substituents is 2. The number of fused-ring (bicyclic) bond motifs is 9. The number of anilines is 1. The van der Waals surface area contributed by atoms with E-state index in [4.69, 9.17) is 27.4 Å². The van der Waals surface area contributed by atoms with E-state index >= 15 is 0 Å². The minimum Gasteiger partial charge on any atom is -0.508 e. The van der Waals surface area contributed by atoms with Crippen molar-refractivity contribution in [3.63, 3.8) is 0 Å². The summed E-state index contributed by atoms with van der Waals surface area (Å²) in [5.74, 6) is -7.70. The summed E-state index contributed by atoms with van der Waals surface area (Å²) >= 11 is 5.70. The Hall–Kier alpha value is -9.91. The molecule has 30 nitrogen and oxygen atoms in total. The number of hydrogen-bond acceptors (Lipinski definition) is 18. The van der Waals surface area contributed by atoms with Crippen LogP contribution in [0.2, 0.25) is 0 Å². The maximum absolute atomic E-state index is 14.9. The van der Waals surface area contributed by atoms with Crippen LogP contribution in [0.1, 0.15) is 182 Å². The first-order valence-electron chi connectivity index (χ1n) is 37.1. The molecule has 7 heterocycles. The fraction of sp³-hybridized carbons (Fsp3) is 0.560. The number of esters is 1. The number of carboxylic acid groups (broad SMARTS) is 1. The van der Waals surface area contributed by atoms with E-state index in [1.54, 1.807) is 35.2 Å². The number of aliphatic carboxylic acids is 1. The van der Waals surface area contributed by atoms with E-state index < -0.39 is 139 Å². The standard InChI is InChI=1S/C75H98N12O18S/c1-45-69(99)87-39-19-23-58(87)72(102)86-38-17-21-56(86)66(96)80-54(31-32-64(94)95)70(100)82(43-61(76)91)34-14-10-8-6-4-3-5-7-9-11-15-35-83(44-63(93)84-36-16-20-55(84)67(97)81-65(46(2)88)68(98)78-45)71(101)57-22-18-37-85(57)62(92)24-12-13-33-77-74(106)79-47-25-28-50-53(40-47)75(105-73(50)103)51-29-26-48(89)41-59(51)104-60-42-49(90)27-30-52(60)75/h3,5,25-30,40-42,45-46,54-58,65,88-90H,4,6-24,31-39,43-44H2,1-2H3,(H2,76,91)(H,78,98)(H,80,96)(H,81,97)(H,94,95)(H2,77,79,106)/t45-,46+,54-,55-,56-,57-,58-,65-/m0/s1. The zero-order valence-corrected chi connectivity index (χ0v) is 60.9. The third kappa shape index (κ3) is 18.7. The Labute approximate surface area is 620 Å². The number of unbranched alkanes of at least 4 members (excludes halogenated alkanes) is 1. The molecule has 3 aromatic rings. The van der Waals surface area contributed by atoms with Crippen LogP contribution in [0.15, 0.2) is 66.7 Å². The van der Waals surface area contributed by atoms with Gasteiger partial charge in [-0.05, 0) is 178 Å². The first-order valence-corrected chi connectivity index (χ1v) is 37.5. The van der Waals surface area contributed by atoms with E-state index in [9.17, 15) is 78.0 Å². The molecule has 106 heavy (non-hydrogen) atoms. The van der Waals surface area contributed by atoms with Crippen LogP contribution in [0.3, 0.4) is 0 Å². The molecule has 3 aromatic carbocycles. The molecule has 0 radical (unpaired) electrons. The SMILES string of the molecule is C[C@@H]1NC(=O)[C@H]([C@@H](C)O)NC(=O)[C@@H]2CCCN2C(=O)CN(C(=O)[C@@H]2CCCN2C(=O)CCCCNC(=S)Nc2ccc3c(c2)C2(OC3=O)c3ccc(O)cc3Oc3cc(O)ccc32)CCCCCC=CCCCCCCN(CC(N)=O)C(=O)[C@H](CCC(=O)O)NC(=O)[C@@H]2CCCN2C(=O)[C@@H]2CCCN2C1=O. The second-order valence-corrected chi connectivity index (χ2v) is 28.9. The number of likely N-dealkylation sites (tertiary alicyclic amines) is 1. The molecule has 4 saturated heterocycles. The molecule has 7 aliphatic heterocycles. The largest absolute Gasteiger partial charge is 0.508 e. The molecule has 0 aromatic heterocycles. The zero-order valence-electron chi connectivity index (χ0n) is 60.1. The molecule has 10 amide bonds. The topological polar surface area (TPSA) is 410 Å². The van der Waals surface area contributed by atoms with E-state index in [1.807, 2.05) is 0 Å². The summed E-state index contributed by atoms with van der Waals surface area (Å²) in [5.41, 5.74) is 6.34. The molecule has 10 rings (SSSR count). The number of nitrogens with one attached hydrogen (secondary N) is 5. The van der Waals surface area contributed by atoms with E-state index in [2.05, 4.69) is 38.7 Å². The van der Waals surface area contributed by atoms with Crippen molar-refractivity contribution in [2.45, 2.75) is 209 Å². The Morgan fingerprint density at radius 2 is 1.25 bits per heavy atom. The van der Waals surface area contributed by atoms with Crippen LogP contribution in [0.5, 0.6) is 23.0 Å². The third-order valence-electron chi connectivity index (χ3n) is 20.9. The number of rotatable bonds is 13. The average molecular weight is 1490 g/mol. The molecule has 572 valence electrons. The van der Waals surface area contributed by atoms with Gasteiger partial charge in [-0.3, -0.25) is 52.7 Å². The monoisotopic (exact) mass is 1490 g/mol. The number of nitrogens with zero attached hydrogens (tertiary/aromatic N) is 6. The second-order valence-electron chi connectivity index (χ2n) is 28.5. The molecule has 0 unspecified atom stereocenters. The van der Waals surface area contributed by atoms with Gasteiger partial charge in [0, 0.05) is 93.2 Å². The number of carboxylic acids is 1. The summed E-state index contributed by atoms with van der Waals surface area (Å²) in [6, 6.07) is 5.71. The smallest absolute Gasteiger partial charge is 0.340 e. The van der Waals surface area contributed by atoms with E-state index in [0.29, 0.717) is 112 Å². The van der Waals surface area contributed by atoms with E-state index in [1.165, 1.54) is 62.6 Å². The number of hydrogen-bond donors (Lipinski definition) is 10. The third-order valence-corrected chi connectivity index (χ3v) is 21.1. The molecular formula is C75H98N12O18S. The summed E-state index contributed by atoms with van der Waals surface area (Å²) in [4.78, 5) is 175. The zero-order chi connectivity index (χ0) is 75.9. The summed E-state index contributed by atoms with van der Waals surface area (Å²) in [6.45, 7) is 3.20. The van der Waals surface area contributed by atoms with Gasteiger partial charge in [-0.15, -0.1) is 0 Å². The van der Waals surface area contributed by atoms with Gasteiger partial charge in [-0.25, -0.2) is 4.79 Å². The Bertz CT molecular complexity index is 3820. The number of carbonyl (C=O) groups is 12. The Morgan fingerprint density at radius 1 is 0.651 bits per heavy atom. The van der Waals surface area contributed by atoms with Crippen LogP contribution in [0, 0.1) is 0 Å². The van der Waals surface area contributed by atoms with Gasteiger partial charge in [0.1, 0.15) is 65.3 Å². The van der Waals surface area contributed by atoms with Gasteiger partial charge in [-0.1, -0.05) is 31.4 Å². The number of nitrogens with two attached hydrogens (primary N) is 1. The van der Waals surface area contributed by atoms with Crippen LogP contribution in [-0.4, -0.2) is 233 Å². The molecule has 11 N–H and O–H groups in total. The van der Waals surface area contributed by atoms with E-state index in [-0.39, 0.29) is 98.8 Å². The molecular weight excluding hydrogens is 1390 g/mol. The quantitative estimate of drug-likeness (QED) is 0.0500. The van der Waals surface area contributed by atoms with Gasteiger partial charge in [-0.2, -0.15) is 0 Å². The second kappa shape index (κ2) is 35.9. The van der Waals surface area contributed by atoms with Gasteiger partial charge in [0.05, 0.1) is 24.8 Å². The maximum atomic E-state index is 14.9. The highest BCUT2D eigenvalue weighted by molar-refractivity contribution is 7.80. The highest BCUT2D eigenvalue weighted by Gasteiger charge is 2.54. The Kier molecular flexibility index (Phi) is 26.7. The van der Waals surface area contributed by atoms with Crippen molar-refractivity contribution in [2.75, 3.05) is 64.2 Å². The number of carbonyl (C=O) groups excluding carboxylic acids is 11. The highest BCUT2D eigenvalue weighted by Crippen LogP contribution is 2.57. The van der Waals surface area contributed by atoms with Crippen molar-refractivity contribution in [3.8, 4) is 23.0 Å². The van der Waals surface area contributed by atoms with Gasteiger partial charge < -0.3 is 91.6 Å². The van der Waals surface area contributed by atoms with Crippen molar-refractivity contribution in [2.24, 2.45) is 5.73 Å². The molecule has 1 spiro atoms. The van der Waals surface area contributed by atoms with Crippen molar-refractivity contribution < 1.29 is 87.4 Å². The summed E-state index contributed by atoms with van der Waals surface area (Å²) in [7, 11) is 0. The van der Waals surface area contributed by atoms with Gasteiger partial charge in [0.2, 0.25) is 59.1 Å². The van der Waals surface area contributed by atoms with Gasteiger partial charge >= 0.3 is 11.9 Å². The molecule has 8 atom stereocenters. The number of benzene rings is 3. The van der Waals surface area contributed by atoms with Gasteiger partial charge in [0.25, 0.3) is 0 Å². The molecule has 0 saturated carbocycles. The lowest BCUT2D eigenvalue weighted by molar-refractivity contribution is -0.149. The molecule has 0 bridgehead atoms. The number of allylic oxidation sites excluding steroid dienone is 2.